The lowest BCUT2D eigenvalue weighted by Crippen LogP contribution is -2.47. The van der Waals surface area contributed by atoms with E-state index >= 15 is 4.39 Å². The van der Waals surface area contributed by atoms with E-state index in [1.807, 2.05) is 29.0 Å². The maximum absolute atomic E-state index is 17.0. The fourth-order valence-corrected chi connectivity index (χ4v) is 11.2. The van der Waals surface area contributed by atoms with Gasteiger partial charge < -0.3 is 34.3 Å². The zero-order chi connectivity index (χ0) is 46.3. The van der Waals surface area contributed by atoms with Gasteiger partial charge in [-0.05, 0) is 104 Å². The van der Waals surface area contributed by atoms with Crippen LogP contribution in [-0.2, 0) is 19.5 Å². The number of allylic oxidation sites excluding steroid dienone is 1. The van der Waals surface area contributed by atoms with Gasteiger partial charge in [0.1, 0.15) is 22.8 Å². The van der Waals surface area contributed by atoms with Gasteiger partial charge in [0.25, 0.3) is 21.6 Å². The number of sulfonamides is 1. The van der Waals surface area contributed by atoms with Crippen molar-refractivity contribution in [3.63, 3.8) is 0 Å². The smallest absolute Gasteiger partial charge is 0.293 e. The van der Waals surface area contributed by atoms with Crippen molar-refractivity contribution in [3.05, 3.63) is 111 Å². The molecule has 2 aliphatic carbocycles. The number of nitro benzene ring substituents is 1. The highest BCUT2D eigenvalue weighted by atomic mass is 35.5. The zero-order valence-electron chi connectivity index (χ0n) is 36.9. The van der Waals surface area contributed by atoms with Gasteiger partial charge in [0, 0.05) is 74.2 Å². The van der Waals surface area contributed by atoms with Crippen molar-refractivity contribution in [2.45, 2.75) is 55.9 Å². The Bertz CT molecular complexity index is 2840. The number of pyridine rings is 1. The molecule has 2 saturated heterocycles. The van der Waals surface area contributed by atoms with Gasteiger partial charge in [0.05, 0.1) is 53.6 Å². The van der Waals surface area contributed by atoms with Crippen LogP contribution < -0.4 is 24.6 Å². The highest BCUT2D eigenvalue weighted by Gasteiger charge is 2.41. The number of nitro groups is 1. The number of anilines is 4. The lowest BCUT2D eigenvalue weighted by molar-refractivity contribution is -0.384. The van der Waals surface area contributed by atoms with Crippen LogP contribution in [0.3, 0.4) is 0 Å². The minimum atomic E-state index is -4.78. The Hall–Kier alpha value is -5.79. The molecule has 1 amide bonds. The third-order valence-corrected chi connectivity index (χ3v) is 15.5. The average Bonchev–Trinajstić information content (AvgIpc) is 3.68. The molecule has 1 spiro atoms. The van der Waals surface area contributed by atoms with Gasteiger partial charge in [-0.25, -0.2) is 17.5 Å². The number of benzene rings is 3. The number of carbonyl (C=O) groups excluding carboxylic acids is 1. The molecule has 0 radical (unpaired) electrons. The molecular formula is C48H52ClFN8O8S. The van der Waals surface area contributed by atoms with Crippen molar-refractivity contribution in [3.8, 4) is 5.88 Å². The quantitative estimate of drug-likeness (QED) is 0.0807. The normalized spacial score (nSPS) is 19.9. The first-order valence-electron chi connectivity index (χ1n) is 22.9. The number of hydrogen-bond acceptors (Lipinski definition) is 13. The number of amides is 1. The Morgan fingerprint density at radius 3 is 2.54 bits per heavy atom. The standard InChI is InChI=1S/C48H52ClFN8O8S/c49-34-5-3-31(4-6-34)38-27-48(11-1-12-48)13-9-33(38)29-55-16-18-56(19-17-55)35-24-39(50)44(42(25-35)57-15-2-20-66-47-43(57)23-32-10-14-51-45(32)53-47)46(59)54-67(62,63)37-7-8-40(41(26-37)58(60)61)52-28-36-30-64-21-22-65-36/h3-8,10,14,23-26,36,52H,1-2,9,11-13,15-22,27-30H2,(H,51,53)(H,54,59). The third kappa shape index (κ3) is 9.41. The predicted octanol–water partition coefficient (Wildman–Crippen LogP) is 8.06. The molecule has 5 heterocycles. The summed E-state index contributed by atoms with van der Waals surface area (Å²) in [6.07, 6.45) is 9.05. The molecule has 2 aromatic heterocycles. The third-order valence-electron chi connectivity index (χ3n) is 13.9. The van der Waals surface area contributed by atoms with Crippen LogP contribution in [0.1, 0.15) is 60.9 Å². The second-order valence-corrected chi connectivity index (χ2v) is 20.2. The van der Waals surface area contributed by atoms with Crippen molar-refractivity contribution in [2.24, 2.45) is 5.41 Å². The molecule has 3 N–H and O–H groups in total. The fourth-order valence-electron chi connectivity index (χ4n) is 10.1. The fraction of sp³-hybridized carbons (Fsp3) is 0.417. The number of nitrogens with zero attached hydrogens (tertiary/aromatic N) is 5. The Kier molecular flexibility index (Phi) is 12.6. The number of carbonyl (C=O) groups is 1. The average molecular weight is 956 g/mol. The Morgan fingerprint density at radius 2 is 1.79 bits per heavy atom. The van der Waals surface area contributed by atoms with E-state index in [1.165, 1.54) is 54.5 Å². The van der Waals surface area contributed by atoms with Crippen molar-refractivity contribution in [1.82, 2.24) is 19.6 Å². The van der Waals surface area contributed by atoms with Gasteiger partial charge in [-0.15, -0.1) is 0 Å². The number of halogens is 2. The topological polar surface area (TPSA) is 185 Å². The summed E-state index contributed by atoms with van der Waals surface area (Å²) in [5, 5.41) is 16.6. The van der Waals surface area contributed by atoms with Gasteiger partial charge in [-0.2, -0.15) is 4.98 Å². The van der Waals surface area contributed by atoms with Crippen LogP contribution in [-0.4, -0.2) is 112 Å². The Morgan fingerprint density at radius 1 is 0.970 bits per heavy atom. The summed E-state index contributed by atoms with van der Waals surface area (Å²) < 4.78 is 63.9. The van der Waals surface area contributed by atoms with Gasteiger partial charge in [-0.3, -0.25) is 19.8 Å². The highest BCUT2D eigenvalue weighted by molar-refractivity contribution is 7.90. The summed E-state index contributed by atoms with van der Waals surface area (Å²) in [6, 6.07) is 18.1. The summed E-state index contributed by atoms with van der Waals surface area (Å²) >= 11 is 6.29. The number of H-pyrrole nitrogens is 1. The number of aromatic amines is 1. The Balaban J connectivity index is 0.934. The summed E-state index contributed by atoms with van der Waals surface area (Å²) in [6.45, 7) is 5.35. The van der Waals surface area contributed by atoms with Crippen LogP contribution in [0, 0.1) is 21.3 Å². The maximum atomic E-state index is 17.0. The first kappa shape index (κ1) is 45.0. The molecule has 1 atom stereocenters. The van der Waals surface area contributed by atoms with E-state index in [0.717, 1.165) is 55.0 Å². The predicted molar refractivity (Wildman–Crippen MR) is 254 cm³/mol. The molecular weight excluding hydrogens is 903 g/mol. The van der Waals surface area contributed by atoms with Gasteiger partial charge in [0.15, 0.2) is 0 Å². The molecule has 19 heteroatoms. The van der Waals surface area contributed by atoms with Crippen LogP contribution in [0.15, 0.2) is 83.4 Å². The Labute approximate surface area is 392 Å². The lowest BCUT2D eigenvalue weighted by Gasteiger charge is -2.47. The van der Waals surface area contributed by atoms with Crippen LogP contribution in [0.2, 0.25) is 5.02 Å². The number of fused-ring (bicyclic) bond motifs is 2. The molecule has 5 aliphatic rings. The van der Waals surface area contributed by atoms with Crippen molar-refractivity contribution in [1.29, 1.82) is 0 Å². The highest BCUT2D eigenvalue weighted by Crippen LogP contribution is 2.55. The number of piperazine rings is 1. The summed E-state index contributed by atoms with van der Waals surface area (Å²) in [4.78, 5) is 39.3. The van der Waals surface area contributed by atoms with Crippen molar-refractivity contribution >= 4 is 72.6 Å². The zero-order valence-corrected chi connectivity index (χ0v) is 38.5. The monoisotopic (exact) mass is 954 g/mol. The van der Waals surface area contributed by atoms with E-state index in [-0.39, 0.29) is 29.9 Å². The van der Waals surface area contributed by atoms with Crippen LogP contribution in [0.4, 0.5) is 32.8 Å². The minimum absolute atomic E-state index is 0.0528. The first-order valence-corrected chi connectivity index (χ1v) is 24.7. The molecule has 352 valence electrons. The van der Waals surface area contributed by atoms with Gasteiger partial charge >= 0.3 is 0 Å². The number of hydrogen-bond donors (Lipinski definition) is 3. The molecule has 3 aromatic carbocycles. The van der Waals surface area contributed by atoms with Crippen molar-refractivity contribution in [2.75, 3.05) is 87.4 Å². The molecule has 1 saturated carbocycles. The second-order valence-electron chi connectivity index (χ2n) is 18.1. The van der Waals surface area contributed by atoms with Gasteiger partial charge in [0.2, 0.25) is 5.88 Å². The molecule has 3 aliphatic heterocycles. The summed E-state index contributed by atoms with van der Waals surface area (Å²) in [5.74, 6) is -1.91. The van der Waals surface area contributed by atoms with Gasteiger partial charge in [-0.1, -0.05) is 35.7 Å². The molecule has 3 fully saturated rings. The van der Waals surface area contributed by atoms with E-state index in [4.69, 9.17) is 25.8 Å². The van der Waals surface area contributed by atoms with E-state index in [0.29, 0.717) is 74.9 Å². The number of ether oxygens (including phenoxy) is 3. The number of aromatic nitrogens is 2. The molecule has 5 aromatic rings. The summed E-state index contributed by atoms with van der Waals surface area (Å²) in [7, 11) is -4.78. The van der Waals surface area contributed by atoms with Crippen LogP contribution in [0.25, 0.3) is 16.6 Å². The molecule has 16 nitrogen and oxygen atoms in total. The SMILES string of the molecule is O=C(NS(=O)(=O)c1ccc(NCC2COCCO2)c([N+](=O)[O-])c1)c1c(F)cc(N2CCN(CC3=C(c4ccc(Cl)cc4)CC4(CCC4)CC3)CC2)cc1N1CCCOc2nc3[nH]ccc3cc21. The molecule has 0 bridgehead atoms. The maximum Gasteiger partial charge on any atom is 0.293 e. The second kappa shape index (κ2) is 18.7. The molecule has 67 heavy (non-hydrogen) atoms. The van der Waals surface area contributed by atoms with Crippen LogP contribution >= 0.6 is 11.6 Å². The minimum Gasteiger partial charge on any atom is -0.476 e. The number of rotatable bonds is 12. The van der Waals surface area contributed by atoms with Crippen LogP contribution in [0.5, 0.6) is 5.88 Å². The first-order chi connectivity index (χ1) is 32.4. The van der Waals surface area contributed by atoms with E-state index in [1.54, 1.807) is 17.2 Å². The van der Waals surface area contributed by atoms with E-state index in [9.17, 15) is 23.3 Å². The summed E-state index contributed by atoms with van der Waals surface area (Å²) in [5.41, 5.74) is 5.26. The van der Waals surface area contributed by atoms with E-state index < -0.39 is 42.8 Å². The van der Waals surface area contributed by atoms with Crippen molar-refractivity contribution < 1.29 is 36.7 Å². The molecule has 10 rings (SSSR count). The largest absolute Gasteiger partial charge is 0.476 e. The lowest BCUT2D eigenvalue weighted by atomic mass is 9.59. The molecule has 1 unspecified atom stereocenters. The number of nitrogens with one attached hydrogen (secondary N) is 3. The van der Waals surface area contributed by atoms with E-state index in [2.05, 4.69) is 37.2 Å².